The van der Waals surface area contributed by atoms with Crippen LogP contribution in [-0.4, -0.2) is 62.3 Å². The standard InChI is InChI=1S/C17H28N4O3S.HI/c1-3-18-16(19-10-12-21-11-7-13-25(21,23)24)20-14-17(2,22)15-8-5-4-6-9-15;/h4-6,8-9,22H,3,7,10-14H2,1-2H3,(H2,18,19,20);1H. The van der Waals surface area contributed by atoms with Crippen LogP contribution in [0.2, 0.25) is 0 Å². The van der Waals surface area contributed by atoms with Crippen molar-refractivity contribution >= 4 is 40.0 Å². The van der Waals surface area contributed by atoms with Gasteiger partial charge in [0.15, 0.2) is 5.96 Å². The van der Waals surface area contributed by atoms with Gasteiger partial charge < -0.3 is 15.7 Å². The third-order valence-corrected chi connectivity index (χ3v) is 6.10. The van der Waals surface area contributed by atoms with Crippen molar-refractivity contribution in [3.8, 4) is 0 Å². The minimum atomic E-state index is -3.08. The zero-order chi connectivity index (χ0) is 18.3. The Morgan fingerprint density at radius 1 is 1.31 bits per heavy atom. The summed E-state index contributed by atoms with van der Waals surface area (Å²) < 4.78 is 25.1. The van der Waals surface area contributed by atoms with Crippen LogP contribution in [0.25, 0.3) is 0 Å². The van der Waals surface area contributed by atoms with E-state index in [0.717, 1.165) is 5.56 Å². The SMILES string of the molecule is CCNC(=NCC(C)(O)c1ccccc1)NCCN1CCCS1(=O)=O.I. The molecule has 1 unspecified atom stereocenters. The average Bonchev–Trinajstić information content (AvgIpc) is 2.92. The van der Waals surface area contributed by atoms with E-state index in [-0.39, 0.29) is 36.3 Å². The van der Waals surface area contributed by atoms with E-state index in [2.05, 4.69) is 15.6 Å². The van der Waals surface area contributed by atoms with Gasteiger partial charge in [-0.2, -0.15) is 0 Å². The lowest BCUT2D eigenvalue weighted by atomic mass is 9.96. The zero-order valence-corrected chi connectivity index (χ0v) is 18.5. The fraction of sp³-hybridized carbons (Fsp3) is 0.588. The molecular weight excluding hydrogens is 467 g/mol. The summed E-state index contributed by atoms with van der Waals surface area (Å²) in [5, 5.41) is 16.9. The van der Waals surface area contributed by atoms with Gasteiger partial charge in [0.05, 0.1) is 12.3 Å². The number of hydrogen-bond acceptors (Lipinski definition) is 4. The van der Waals surface area contributed by atoms with Crippen LogP contribution in [0.3, 0.4) is 0 Å². The van der Waals surface area contributed by atoms with E-state index in [9.17, 15) is 13.5 Å². The van der Waals surface area contributed by atoms with E-state index in [0.29, 0.717) is 38.6 Å². The number of nitrogens with one attached hydrogen (secondary N) is 2. The van der Waals surface area contributed by atoms with Gasteiger partial charge in [0.25, 0.3) is 0 Å². The van der Waals surface area contributed by atoms with Crippen molar-refractivity contribution in [1.29, 1.82) is 0 Å². The van der Waals surface area contributed by atoms with Crippen LogP contribution in [0, 0.1) is 0 Å². The van der Waals surface area contributed by atoms with E-state index in [1.165, 1.54) is 4.31 Å². The van der Waals surface area contributed by atoms with Crippen molar-refractivity contribution in [2.75, 3.05) is 38.5 Å². The molecule has 2 rings (SSSR count). The molecule has 1 aromatic carbocycles. The minimum absolute atomic E-state index is 0. The predicted molar refractivity (Wildman–Crippen MR) is 115 cm³/mol. The molecule has 1 aliphatic heterocycles. The second-order valence-electron chi connectivity index (χ2n) is 6.33. The number of sulfonamides is 1. The number of rotatable bonds is 7. The molecule has 0 radical (unpaired) electrons. The molecule has 1 heterocycles. The molecule has 26 heavy (non-hydrogen) atoms. The second kappa shape index (κ2) is 10.4. The Labute approximate surface area is 173 Å². The summed E-state index contributed by atoms with van der Waals surface area (Å²) in [5.41, 5.74) is -0.264. The number of nitrogens with zero attached hydrogens (tertiary/aromatic N) is 2. The van der Waals surface area contributed by atoms with Crippen molar-refractivity contribution < 1.29 is 13.5 Å². The van der Waals surface area contributed by atoms with Crippen molar-refractivity contribution in [3.05, 3.63) is 35.9 Å². The van der Waals surface area contributed by atoms with E-state index in [1.807, 2.05) is 37.3 Å². The lowest BCUT2D eigenvalue weighted by Gasteiger charge is -2.23. The van der Waals surface area contributed by atoms with Gasteiger partial charge in [0.1, 0.15) is 5.60 Å². The molecule has 0 amide bonds. The highest BCUT2D eigenvalue weighted by molar-refractivity contribution is 14.0. The second-order valence-corrected chi connectivity index (χ2v) is 8.42. The maximum Gasteiger partial charge on any atom is 0.214 e. The van der Waals surface area contributed by atoms with Gasteiger partial charge in [-0.1, -0.05) is 30.3 Å². The molecule has 1 saturated heterocycles. The summed E-state index contributed by atoms with van der Waals surface area (Å²) in [6, 6.07) is 9.41. The van der Waals surface area contributed by atoms with Crippen LogP contribution in [0.15, 0.2) is 35.3 Å². The zero-order valence-electron chi connectivity index (χ0n) is 15.3. The molecule has 7 nitrogen and oxygen atoms in total. The Morgan fingerprint density at radius 3 is 2.58 bits per heavy atom. The first kappa shape index (κ1) is 23.1. The highest BCUT2D eigenvalue weighted by Crippen LogP contribution is 2.20. The first-order chi connectivity index (χ1) is 11.8. The summed E-state index contributed by atoms with van der Waals surface area (Å²) in [5.74, 6) is 0.802. The third kappa shape index (κ3) is 6.67. The summed E-state index contributed by atoms with van der Waals surface area (Å²) in [6.07, 6.45) is 0.691. The van der Waals surface area contributed by atoms with Gasteiger partial charge in [-0.15, -0.1) is 24.0 Å². The first-order valence-corrected chi connectivity index (χ1v) is 10.2. The Balaban J connectivity index is 0.00000338. The molecule has 1 aromatic rings. The minimum Gasteiger partial charge on any atom is -0.384 e. The summed E-state index contributed by atoms with van der Waals surface area (Å²) in [7, 11) is -3.08. The van der Waals surface area contributed by atoms with Crippen LogP contribution < -0.4 is 10.6 Å². The van der Waals surface area contributed by atoms with Crippen molar-refractivity contribution in [3.63, 3.8) is 0 Å². The number of hydrogen-bond donors (Lipinski definition) is 3. The molecule has 3 N–H and O–H groups in total. The topological polar surface area (TPSA) is 94.0 Å². The number of aliphatic imine (C=N–C) groups is 1. The van der Waals surface area contributed by atoms with E-state index in [4.69, 9.17) is 0 Å². The smallest absolute Gasteiger partial charge is 0.214 e. The average molecular weight is 496 g/mol. The van der Waals surface area contributed by atoms with Gasteiger partial charge in [-0.25, -0.2) is 17.7 Å². The molecule has 148 valence electrons. The predicted octanol–water partition coefficient (Wildman–Crippen LogP) is 1.10. The van der Waals surface area contributed by atoms with Gasteiger partial charge in [-0.3, -0.25) is 0 Å². The molecule has 1 atom stereocenters. The number of benzene rings is 1. The van der Waals surface area contributed by atoms with Gasteiger partial charge >= 0.3 is 0 Å². The fourth-order valence-corrected chi connectivity index (χ4v) is 4.23. The molecule has 0 saturated carbocycles. The molecular formula is C17H29IN4O3S. The largest absolute Gasteiger partial charge is 0.384 e. The summed E-state index contributed by atoms with van der Waals surface area (Å²) >= 11 is 0. The normalized spacial score (nSPS) is 19.4. The van der Waals surface area contributed by atoms with E-state index < -0.39 is 15.6 Å². The van der Waals surface area contributed by atoms with E-state index in [1.54, 1.807) is 6.92 Å². The Kier molecular flexibility index (Phi) is 9.28. The van der Waals surface area contributed by atoms with Crippen molar-refractivity contribution in [2.24, 2.45) is 4.99 Å². The lowest BCUT2D eigenvalue weighted by molar-refractivity contribution is 0.0672. The van der Waals surface area contributed by atoms with Crippen molar-refractivity contribution in [2.45, 2.75) is 25.9 Å². The van der Waals surface area contributed by atoms with Crippen LogP contribution in [0.1, 0.15) is 25.8 Å². The van der Waals surface area contributed by atoms with Crippen LogP contribution >= 0.6 is 24.0 Å². The third-order valence-electron chi connectivity index (χ3n) is 4.14. The maximum absolute atomic E-state index is 11.8. The Morgan fingerprint density at radius 2 is 2.00 bits per heavy atom. The highest BCUT2D eigenvalue weighted by Gasteiger charge is 2.27. The van der Waals surface area contributed by atoms with Crippen molar-refractivity contribution in [1.82, 2.24) is 14.9 Å². The number of halogens is 1. The molecule has 1 aliphatic rings. The van der Waals surface area contributed by atoms with Gasteiger partial charge in [0, 0.05) is 26.2 Å². The molecule has 0 aromatic heterocycles. The van der Waals surface area contributed by atoms with Gasteiger partial charge in [0.2, 0.25) is 10.0 Å². The van der Waals surface area contributed by atoms with Gasteiger partial charge in [-0.05, 0) is 25.8 Å². The molecule has 9 heteroatoms. The summed E-state index contributed by atoms with van der Waals surface area (Å²) in [6.45, 7) is 6.04. The number of guanidine groups is 1. The monoisotopic (exact) mass is 496 g/mol. The lowest BCUT2D eigenvalue weighted by Crippen LogP contribution is -2.42. The van der Waals surface area contributed by atoms with E-state index >= 15 is 0 Å². The Hall–Kier alpha value is -0.910. The first-order valence-electron chi connectivity index (χ1n) is 8.63. The molecule has 1 fully saturated rings. The number of aliphatic hydroxyl groups is 1. The van der Waals surface area contributed by atoms with Crippen LogP contribution in [0.5, 0.6) is 0 Å². The van der Waals surface area contributed by atoms with Crippen LogP contribution in [0.4, 0.5) is 0 Å². The molecule has 0 spiro atoms. The highest BCUT2D eigenvalue weighted by atomic mass is 127. The fourth-order valence-electron chi connectivity index (χ4n) is 2.70. The maximum atomic E-state index is 11.8. The van der Waals surface area contributed by atoms with Crippen LogP contribution in [-0.2, 0) is 15.6 Å². The molecule has 0 aliphatic carbocycles. The quantitative estimate of drug-likeness (QED) is 0.299. The molecule has 0 bridgehead atoms. The Bertz CT molecular complexity index is 681. The summed E-state index contributed by atoms with van der Waals surface area (Å²) in [4.78, 5) is 4.44.